The van der Waals surface area contributed by atoms with Gasteiger partial charge in [0.2, 0.25) is 0 Å². The molecule has 2 rings (SSSR count). The summed E-state index contributed by atoms with van der Waals surface area (Å²) in [5.41, 5.74) is -0.117. The predicted molar refractivity (Wildman–Crippen MR) is 79.3 cm³/mol. The fraction of sp³-hybridized carbons (Fsp3) is 0.231. The minimum atomic E-state index is -0.610. The minimum absolute atomic E-state index is 0.0944. The molecule has 2 amide bonds. The Kier molecular flexibility index (Phi) is 4.78. The van der Waals surface area contributed by atoms with Gasteiger partial charge in [-0.15, -0.1) is 0 Å². The number of carbonyl (C=O) groups is 2. The lowest BCUT2D eigenvalue weighted by Gasteiger charge is -2.10. The fourth-order valence-corrected chi connectivity index (χ4v) is 2.64. The van der Waals surface area contributed by atoms with Gasteiger partial charge in [0.05, 0.1) is 23.0 Å². The SMILES string of the molecule is COCCN1C(=O)S/C(=C/c2cc([N+](=O)[O-])ccc2O)C1=O. The van der Waals surface area contributed by atoms with E-state index in [2.05, 4.69) is 0 Å². The van der Waals surface area contributed by atoms with Crippen LogP contribution >= 0.6 is 11.8 Å². The second kappa shape index (κ2) is 6.58. The zero-order valence-corrected chi connectivity index (χ0v) is 12.3. The van der Waals surface area contributed by atoms with Crippen molar-refractivity contribution < 1.29 is 24.4 Å². The number of ether oxygens (including phenoxy) is 1. The molecule has 8 nitrogen and oxygen atoms in total. The predicted octanol–water partition coefficient (Wildman–Crippen LogP) is 1.98. The van der Waals surface area contributed by atoms with E-state index in [1.165, 1.54) is 19.3 Å². The van der Waals surface area contributed by atoms with E-state index < -0.39 is 16.1 Å². The summed E-state index contributed by atoms with van der Waals surface area (Å²) >= 11 is 0.712. The Morgan fingerprint density at radius 2 is 2.18 bits per heavy atom. The summed E-state index contributed by atoms with van der Waals surface area (Å²) in [6.07, 6.45) is 1.26. The van der Waals surface area contributed by atoms with Gasteiger partial charge < -0.3 is 9.84 Å². The van der Waals surface area contributed by atoms with E-state index in [0.717, 1.165) is 17.0 Å². The summed E-state index contributed by atoms with van der Waals surface area (Å²) in [6, 6.07) is 3.45. The van der Waals surface area contributed by atoms with Crippen LogP contribution in [0.3, 0.4) is 0 Å². The van der Waals surface area contributed by atoms with Crippen molar-refractivity contribution in [2.45, 2.75) is 0 Å². The first kappa shape index (κ1) is 16.0. The third-order valence-corrected chi connectivity index (χ3v) is 3.81. The Labute approximate surface area is 129 Å². The molecule has 1 aliphatic heterocycles. The maximum absolute atomic E-state index is 12.1. The van der Waals surface area contributed by atoms with Crippen LogP contribution in [-0.2, 0) is 9.53 Å². The van der Waals surface area contributed by atoms with E-state index in [-0.39, 0.29) is 35.1 Å². The Hall–Kier alpha value is -2.39. The van der Waals surface area contributed by atoms with Gasteiger partial charge in [-0.25, -0.2) is 0 Å². The van der Waals surface area contributed by atoms with Gasteiger partial charge in [0.1, 0.15) is 5.75 Å². The third kappa shape index (κ3) is 3.26. The number of phenols is 1. The molecule has 0 bridgehead atoms. The Balaban J connectivity index is 2.30. The van der Waals surface area contributed by atoms with Crippen LogP contribution in [0.2, 0.25) is 0 Å². The number of hydrogen-bond acceptors (Lipinski definition) is 7. The number of hydrogen-bond donors (Lipinski definition) is 1. The fourth-order valence-electron chi connectivity index (χ4n) is 1.79. The molecule has 1 N–H and O–H groups in total. The quantitative estimate of drug-likeness (QED) is 0.501. The van der Waals surface area contributed by atoms with E-state index in [1.807, 2.05) is 0 Å². The number of carbonyl (C=O) groups excluding carboxylic acids is 2. The van der Waals surface area contributed by atoms with Crippen molar-refractivity contribution in [1.29, 1.82) is 0 Å². The zero-order valence-electron chi connectivity index (χ0n) is 11.5. The van der Waals surface area contributed by atoms with E-state index in [9.17, 15) is 24.8 Å². The van der Waals surface area contributed by atoms with Gasteiger partial charge in [-0.1, -0.05) is 0 Å². The van der Waals surface area contributed by atoms with Crippen molar-refractivity contribution in [2.75, 3.05) is 20.3 Å². The first-order valence-electron chi connectivity index (χ1n) is 6.15. The van der Waals surface area contributed by atoms with Crippen molar-refractivity contribution in [1.82, 2.24) is 4.90 Å². The molecule has 0 radical (unpaired) electrons. The third-order valence-electron chi connectivity index (χ3n) is 2.90. The van der Waals surface area contributed by atoms with Gasteiger partial charge in [-0.2, -0.15) is 0 Å². The largest absolute Gasteiger partial charge is 0.507 e. The van der Waals surface area contributed by atoms with Crippen LogP contribution in [0.25, 0.3) is 6.08 Å². The number of amides is 2. The molecule has 9 heteroatoms. The molecular weight excluding hydrogens is 312 g/mol. The maximum Gasteiger partial charge on any atom is 0.293 e. The lowest BCUT2D eigenvalue weighted by atomic mass is 10.1. The maximum atomic E-state index is 12.1. The number of rotatable bonds is 5. The van der Waals surface area contributed by atoms with Crippen LogP contribution in [0.5, 0.6) is 5.75 Å². The molecule has 1 aromatic carbocycles. The van der Waals surface area contributed by atoms with Crippen LogP contribution in [0.1, 0.15) is 5.56 Å². The van der Waals surface area contributed by atoms with Gasteiger partial charge in [-0.05, 0) is 23.9 Å². The van der Waals surface area contributed by atoms with Crippen molar-refractivity contribution in [3.8, 4) is 5.75 Å². The summed E-state index contributed by atoms with van der Waals surface area (Å²) in [5, 5.41) is 20.0. The monoisotopic (exact) mass is 324 g/mol. The minimum Gasteiger partial charge on any atom is -0.507 e. The van der Waals surface area contributed by atoms with Crippen molar-refractivity contribution in [2.24, 2.45) is 0 Å². The van der Waals surface area contributed by atoms with E-state index in [4.69, 9.17) is 4.74 Å². The summed E-state index contributed by atoms with van der Waals surface area (Å²) in [4.78, 5) is 35.1. The lowest BCUT2D eigenvalue weighted by Crippen LogP contribution is -2.31. The molecule has 0 atom stereocenters. The smallest absolute Gasteiger partial charge is 0.293 e. The number of imide groups is 1. The van der Waals surface area contributed by atoms with Crippen molar-refractivity contribution in [3.63, 3.8) is 0 Å². The van der Waals surface area contributed by atoms with Gasteiger partial charge in [0, 0.05) is 24.8 Å². The highest BCUT2D eigenvalue weighted by Gasteiger charge is 2.34. The number of benzene rings is 1. The Morgan fingerprint density at radius 3 is 2.82 bits per heavy atom. The number of aromatic hydroxyl groups is 1. The summed E-state index contributed by atoms with van der Waals surface area (Å²) in [5.74, 6) is -0.729. The van der Waals surface area contributed by atoms with Crippen LogP contribution in [-0.4, -0.2) is 46.3 Å². The van der Waals surface area contributed by atoms with Crippen LogP contribution in [0.15, 0.2) is 23.1 Å². The highest BCUT2D eigenvalue weighted by atomic mass is 32.2. The normalized spacial score (nSPS) is 16.6. The number of thioether (sulfide) groups is 1. The van der Waals surface area contributed by atoms with Crippen molar-refractivity contribution >= 4 is 34.7 Å². The summed E-state index contributed by atoms with van der Waals surface area (Å²) in [7, 11) is 1.45. The van der Waals surface area contributed by atoms with Crippen LogP contribution in [0, 0.1) is 10.1 Å². The van der Waals surface area contributed by atoms with Gasteiger partial charge in [0.25, 0.3) is 16.8 Å². The Morgan fingerprint density at radius 1 is 1.45 bits per heavy atom. The van der Waals surface area contributed by atoms with Crippen LogP contribution in [0.4, 0.5) is 10.5 Å². The first-order chi connectivity index (χ1) is 10.4. The van der Waals surface area contributed by atoms with E-state index >= 15 is 0 Å². The highest BCUT2D eigenvalue weighted by Crippen LogP contribution is 2.34. The summed E-state index contributed by atoms with van der Waals surface area (Å²) in [6.45, 7) is 0.340. The van der Waals surface area contributed by atoms with Gasteiger partial charge in [0.15, 0.2) is 0 Å². The number of nitrogens with zero attached hydrogens (tertiary/aromatic N) is 2. The molecule has 0 aromatic heterocycles. The number of phenolic OH excluding ortho intramolecular Hbond substituents is 1. The second-order valence-electron chi connectivity index (χ2n) is 4.33. The van der Waals surface area contributed by atoms with Crippen molar-refractivity contribution in [3.05, 3.63) is 38.8 Å². The molecule has 1 aliphatic rings. The molecular formula is C13H12N2O6S. The highest BCUT2D eigenvalue weighted by molar-refractivity contribution is 8.18. The lowest BCUT2D eigenvalue weighted by molar-refractivity contribution is -0.384. The average molecular weight is 324 g/mol. The molecule has 1 saturated heterocycles. The molecule has 1 heterocycles. The number of non-ortho nitro benzene ring substituents is 1. The molecule has 0 saturated carbocycles. The summed E-state index contributed by atoms with van der Waals surface area (Å²) < 4.78 is 4.83. The zero-order chi connectivity index (χ0) is 16.3. The molecule has 0 aliphatic carbocycles. The average Bonchev–Trinajstić information content (AvgIpc) is 2.73. The second-order valence-corrected chi connectivity index (χ2v) is 5.32. The molecule has 0 spiro atoms. The molecule has 22 heavy (non-hydrogen) atoms. The van der Waals surface area contributed by atoms with Gasteiger partial charge >= 0.3 is 0 Å². The first-order valence-corrected chi connectivity index (χ1v) is 6.97. The van der Waals surface area contributed by atoms with E-state index in [0.29, 0.717) is 11.8 Å². The number of nitro benzene ring substituents is 1. The molecule has 0 unspecified atom stereocenters. The molecule has 1 aromatic rings. The van der Waals surface area contributed by atoms with E-state index in [1.54, 1.807) is 0 Å². The standard InChI is InChI=1S/C13H12N2O6S/c1-21-5-4-14-12(17)11(22-13(14)18)7-8-6-9(15(19)20)2-3-10(8)16/h2-3,6-7,16H,4-5H2,1H3/b11-7+. The molecule has 116 valence electrons. The number of methoxy groups -OCH3 is 1. The molecule has 1 fully saturated rings. The Bertz CT molecular complexity index is 672. The van der Waals surface area contributed by atoms with Gasteiger partial charge in [-0.3, -0.25) is 24.6 Å². The topological polar surface area (TPSA) is 110 Å². The number of nitro groups is 1. The van der Waals surface area contributed by atoms with Crippen LogP contribution < -0.4 is 0 Å².